The van der Waals surface area contributed by atoms with Crippen LogP contribution in [0.4, 0.5) is 10.1 Å². The van der Waals surface area contributed by atoms with Crippen molar-refractivity contribution in [2.24, 2.45) is 0 Å². The van der Waals surface area contributed by atoms with Gasteiger partial charge in [0.25, 0.3) is 0 Å². The standard InChI is InChI=1S/C20H21FN4/c21-17-7-4-8-18(13-17)25-11-9-24(10-12-25)14-19-20(23-15-22-19)16-5-2-1-3-6-16/h1-8,13,15H,9-12,14H2,(H,22,23). The second kappa shape index (κ2) is 7.07. The van der Waals surface area contributed by atoms with Crippen LogP contribution in [0.1, 0.15) is 5.69 Å². The van der Waals surface area contributed by atoms with Crippen LogP contribution in [0.25, 0.3) is 11.3 Å². The molecule has 3 aromatic rings. The summed E-state index contributed by atoms with van der Waals surface area (Å²) < 4.78 is 13.4. The highest BCUT2D eigenvalue weighted by Gasteiger charge is 2.19. The molecule has 0 spiro atoms. The molecule has 1 aliphatic heterocycles. The van der Waals surface area contributed by atoms with Crippen LogP contribution < -0.4 is 4.90 Å². The second-order valence-electron chi connectivity index (χ2n) is 6.34. The van der Waals surface area contributed by atoms with E-state index in [4.69, 9.17) is 0 Å². The second-order valence-corrected chi connectivity index (χ2v) is 6.34. The fourth-order valence-electron chi connectivity index (χ4n) is 3.35. The van der Waals surface area contributed by atoms with Crippen molar-refractivity contribution in [2.75, 3.05) is 31.1 Å². The van der Waals surface area contributed by atoms with Gasteiger partial charge in [-0.3, -0.25) is 4.90 Å². The fourth-order valence-corrected chi connectivity index (χ4v) is 3.35. The van der Waals surface area contributed by atoms with Crippen molar-refractivity contribution in [3.63, 3.8) is 0 Å². The summed E-state index contributed by atoms with van der Waals surface area (Å²) in [4.78, 5) is 12.4. The molecule has 5 heteroatoms. The minimum absolute atomic E-state index is 0.176. The molecule has 0 amide bonds. The Kier molecular flexibility index (Phi) is 4.48. The Bertz CT molecular complexity index is 822. The Hall–Kier alpha value is -2.66. The van der Waals surface area contributed by atoms with Gasteiger partial charge in [-0.25, -0.2) is 9.37 Å². The summed E-state index contributed by atoms with van der Waals surface area (Å²) in [6.45, 7) is 4.55. The lowest BCUT2D eigenvalue weighted by Gasteiger charge is -2.36. The zero-order chi connectivity index (χ0) is 17.1. The van der Waals surface area contributed by atoms with E-state index >= 15 is 0 Å². The zero-order valence-electron chi connectivity index (χ0n) is 14.0. The number of anilines is 1. The molecule has 2 heterocycles. The van der Waals surface area contributed by atoms with E-state index in [1.165, 1.54) is 6.07 Å². The number of nitrogens with one attached hydrogen (secondary N) is 1. The molecule has 0 aliphatic carbocycles. The van der Waals surface area contributed by atoms with Gasteiger partial charge in [-0.1, -0.05) is 36.4 Å². The number of hydrogen-bond donors (Lipinski definition) is 1. The van der Waals surface area contributed by atoms with Crippen molar-refractivity contribution in [3.8, 4) is 11.3 Å². The molecule has 1 aliphatic rings. The summed E-state index contributed by atoms with van der Waals surface area (Å²) in [5.41, 5.74) is 4.27. The fraction of sp³-hybridized carbons (Fsp3) is 0.250. The maximum absolute atomic E-state index is 13.4. The summed E-state index contributed by atoms with van der Waals surface area (Å²) in [6, 6.07) is 17.1. The first kappa shape index (κ1) is 15.8. The minimum atomic E-state index is -0.176. The van der Waals surface area contributed by atoms with Gasteiger partial charge < -0.3 is 9.88 Å². The number of rotatable bonds is 4. The van der Waals surface area contributed by atoms with E-state index in [9.17, 15) is 4.39 Å². The van der Waals surface area contributed by atoms with Gasteiger partial charge >= 0.3 is 0 Å². The molecule has 4 nitrogen and oxygen atoms in total. The van der Waals surface area contributed by atoms with Crippen molar-refractivity contribution < 1.29 is 4.39 Å². The maximum atomic E-state index is 13.4. The van der Waals surface area contributed by atoms with Gasteiger partial charge in [0.05, 0.1) is 17.7 Å². The molecule has 1 saturated heterocycles. The molecule has 2 aromatic carbocycles. The highest BCUT2D eigenvalue weighted by atomic mass is 19.1. The van der Waals surface area contributed by atoms with E-state index in [0.717, 1.165) is 55.4 Å². The van der Waals surface area contributed by atoms with E-state index in [1.807, 2.05) is 24.3 Å². The number of hydrogen-bond acceptors (Lipinski definition) is 3. The molecule has 1 aromatic heterocycles. The van der Waals surface area contributed by atoms with E-state index in [0.29, 0.717) is 0 Å². The Morgan fingerprint density at radius 2 is 1.76 bits per heavy atom. The van der Waals surface area contributed by atoms with Crippen LogP contribution in [0.15, 0.2) is 60.9 Å². The van der Waals surface area contributed by atoms with Crippen LogP contribution in [-0.4, -0.2) is 41.0 Å². The molecule has 0 atom stereocenters. The quantitative estimate of drug-likeness (QED) is 0.791. The Morgan fingerprint density at radius 1 is 0.960 bits per heavy atom. The summed E-state index contributed by atoms with van der Waals surface area (Å²) in [5.74, 6) is -0.176. The summed E-state index contributed by atoms with van der Waals surface area (Å²) in [5, 5.41) is 0. The first-order valence-corrected chi connectivity index (χ1v) is 8.60. The first-order chi connectivity index (χ1) is 12.3. The summed E-state index contributed by atoms with van der Waals surface area (Å²) >= 11 is 0. The van der Waals surface area contributed by atoms with E-state index < -0.39 is 0 Å². The molecule has 1 fully saturated rings. The lowest BCUT2D eigenvalue weighted by Crippen LogP contribution is -2.46. The molecular formula is C20H21FN4. The Morgan fingerprint density at radius 3 is 2.52 bits per heavy atom. The largest absolute Gasteiger partial charge is 0.369 e. The topological polar surface area (TPSA) is 35.2 Å². The van der Waals surface area contributed by atoms with Gasteiger partial charge in [-0.05, 0) is 18.2 Å². The number of imidazole rings is 1. The molecule has 128 valence electrons. The first-order valence-electron chi connectivity index (χ1n) is 8.60. The molecule has 25 heavy (non-hydrogen) atoms. The highest BCUT2D eigenvalue weighted by molar-refractivity contribution is 5.61. The molecule has 0 unspecified atom stereocenters. The third kappa shape index (κ3) is 3.56. The SMILES string of the molecule is Fc1cccc(N2CCN(Cc3[nH]cnc3-c3ccccc3)CC2)c1. The normalized spacial score (nSPS) is 15.5. The smallest absolute Gasteiger partial charge is 0.125 e. The van der Waals surface area contributed by atoms with Crippen LogP contribution in [0.2, 0.25) is 0 Å². The minimum Gasteiger partial charge on any atom is -0.369 e. The van der Waals surface area contributed by atoms with Crippen molar-refractivity contribution in [1.29, 1.82) is 0 Å². The van der Waals surface area contributed by atoms with Gasteiger partial charge in [-0.2, -0.15) is 0 Å². The van der Waals surface area contributed by atoms with Crippen LogP contribution in [0.3, 0.4) is 0 Å². The van der Waals surface area contributed by atoms with Gasteiger partial charge in [0.2, 0.25) is 0 Å². The summed E-state index contributed by atoms with van der Waals surface area (Å²) in [7, 11) is 0. The monoisotopic (exact) mass is 336 g/mol. The molecule has 0 saturated carbocycles. The van der Waals surface area contributed by atoms with E-state index in [1.54, 1.807) is 18.5 Å². The van der Waals surface area contributed by atoms with Crippen LogP contribution in [0, 0.1) is 5.82 Å². The van der Waals surface area contributed by atoms with E-state index in [2.05, 4.69) is 31.9 Å². The number of aromatic nitrogens is 2. The van der Waals surface area contributed by atoms with Crippen molar-refractivity contribution in [1.82, 2.24) is 14.9 Å². The lowest BCUT2D eigenvalue weighted by atomic mass is 10.1. The number of H-pyrrole nitrogens is 1. The average Bonchev–Trinajstić information content (AvgIpc) is 3.11. The molecule has 0 radical (unpaired) electrons. The van der Waals surface area contributed by atoms with Gasteiger partial charge in [0.1, 0.15) is 5.82 Å². The number of piperazine rings is 1. The van der Waals surface area contributed by atoms with Crippen molar-refractivity contribution >= 4 is 5.69 Å². The highest BCUT2D eigenvalue weighted by Crippen LogP contribution is 2.22. The molecule has 4 rings (SSSR count). The van der Waals surface area contributed by atoms with Crippen molar-refractivity contribution in [3.05, 3.63) is 72.4 Å². The molecule has 1 N–H and O–H groups in total. The predicted molar refractivity (Wildman–Crippen MR) is 97.9 cm³/mol. The van der Waals surface area contributed by atoms with E-state index in [-0.39, 0.29) is 5.82 Å². The van der Waals surface area contributed by atoms with Crippen LogP contribution >= 0.6 is 0 Å². The van der Waals surface area contributed by atoms with Gasteiger partial charge in [0, 0.05) is 44.0 Å². The number of aromatic amines is 1. The Labute approximate surface area is 146 Å². The third-order valence-corrected chi connectivity index (χ3v) is 4.69. The Balaban J connectivity index is 1.41. The number of benzene rings is 2. The third-order valence-electron chi connectivity index (χ3n) is 4.69. The van der Waals surface area contributed by atoms with Crippen molar-refractivity contribution in [2.45, 2.75) is 6.54 Å². The lowest BCUT2D eigenvalue weighted by molar-refractivity contribution is 0.247. The van der Waals surface area contributed by atoms with Crippen LogP contribution in [-0.2, 0) is 6.54 Å². The molecular weight excluding hydrogens is 315 g/mol. The van der Waals surface area contributed by atoms with Crippen LogP contribution in [0.5, 0.6) is 0 Å². The zero-order valence-corrected chi connectivity index (χ0v) is 14.0. The number of halogens is 1. The maximum Gasteiger partial charge on any atom is 0.125 e. The van der Waals surface area contributed by atoms with Gasteiger partial charge in [-0.15, -0.1) is 0 Å². The number of nitrogens with zero attached hydrogens (tertiary/aromatic N) is 3. The predicted octanol–water partition coefficient (Wildman–Crippen LogP) is 3.54. The average molecular weight is 336 g/mol. The summed E-state index contributed by atoms with van der Waals surface area (Å²) in [6.07, 6.45) is 1.76. The van der Waals surface area contributed by atoms with Gasteiger partial charge in [0.15, 0.2) is 0 Å². The molecule has 0 bridgehead atoms.